The Morgan fingerprint density at radius 3 is 2.70 bits per heavy atom. The highest BCUT2D eigenvalue weighted by Crippen LogP contribution is 2.28. The number of hydrogen-bond donors (Lipinski definition) is 1. The van der Waals surface area contributed by atoms with Crippen LogP contribution in [0.5, 0.6) is 0 Å². The molecule has 0 radical (unpaired) electrons. The monoisotopic (exact) mass is 533 g/mol. The lowest BCUT2D eigenvalue weighted by Gasteiger charge is -2.36. The van der Waals surface area contributed by atoms with Gasteiger partial charge in [0, 0.05) is 32.3 Å². The Bertz CT molecular complexity index is 1230. The number of thiocarbonyl (C=S) groups is 1. The highest BCUT2D eigenvalue weighted by Gasteiger charge is 2.33. The van der Waals surface area contributed by atoms with Crippen LogP contribution in [0.3, 0.4) is 0 Å². The number of methoxy groups -OCH3 is 1. The number of furan rings is 1. The first kappa shape index (κ1) is 25.9. The zero-order valence-corrected chi connectivity index (χ0v) is 20.6. The smallest absolute Gasteiger partial charge is 0.433 e. The topological polar surface area (TPSA) is 131 Å². The van der Waals surface area contributed by atoms with Gasteiger partial charge < -0.3 is 29.0 Å². The SMILES string of the molecule is COC(=S)NC[C@H]1CN(c2ccc(N3CCN(C(=O)C=Cc4ccc([N+](=O)[O-])o4)CC3)c(F)c2)C(=O)O1. The van der Waals surface area contributed by atoms with Crippen LogP contribution < -0.4 is 15.1 Å². The number of cyclic esters (lactones) is 1. The van der Waals surface area contributed by atoms with Crippen molar-refractivity contribution in [2.24, 2.45) is 0 Å². The molecule has 1 aromatic heterocycles. The highest BCUT2D eigenvalue weighted by atomic mass is 32.1. The van der Waals surface area contributed by atoms with Crippen molar-refractivity contribution in [3.63, 3.8) is 0 Å². The molecule has 0 spiro atoms. The Morgan fingerprint density at radius 2 is 2.05 bits per heavy atom. The number of carbonyl (C=O) groups is 2. The average Bonchev–Trinajstić information content (AvgIpc) is 3.52. The van der Waals surface area contributed by atoms with Crippen LogP contribution in [0.15, 0.2) is 40.8 Å². The molecule has 0 bridgehead atoms. The van der Waals surface area contributed by atoms with Crippen LogP contribution in [0.2, 0.25) is 0 Å². The standard InChI is InChI=1S/C23H24FN5O7S/c1-34-22(37)25-13-17-14-28(23(31)36-17)15-2-5-19(18(24)12-15)26-8-10-27(11-9-26)20(30)6-3-16-4-7-21(35-16)29(32)33/h2-7,12,17H,8-11,13-14H2,1H3,(H,25,37)/t17-/m0/s1. The first-order valence-electron chi connectivity index (χ1n) is 11.3. The molecular weight excluding hydrogens is 509 g/mol. The third kappa shape index (κ3) is 6.14. The number of carbonyl (C=O) groups excluding carboxylic acids is 2. The van der Waals surface area contributed by atoms with Crippen molar-refractivity contribution in [3.05, 3.63) is 58.1 Å². The van der Waals surface area contributed by atoms with Crippen molar-refractivity contribution >= 4 is 52.7 Å². The van der Waals surface area contributed by atoms with Crippen molar-refractivity contribution in [3.8, 4) is 0 Å². The summed E-state index contributed by atoms with van der Waals surface area (Å²) in [6, 6.07) is 7.16. The third-order valence-corrected chi connectivity index (χ3v) is 6.20. The number of nitrogens with zero attached hydrogens (tertiary/aromatic N) is 4. The van der Waals surface area contributed by atoms with Crippen LogP contribution in [0.4, 0.5) is 26.4 Å². The zero-order chi connectivity index (χ0) is 26.5. The fraction of sp³-hybridized carbons (Fsp3) is 0.348. The minimum absolute atomic E-state index is 0.187. The first-order chi connectivity index (χ1) is 17.7. The molecule has 0 saturated carbocycles. The van der Waals surface area contributed by atoms with Crippen LogP contribution in [-0.2, 0) is 14.3 Å². The predicted octanol–water partition coefficient (Wildman–Crippen LogP) is 2.54. The second kappa shape index (κ2) is 11.2. The summed E-state index contributed by atoms with van der Waals surface area (Å²) in [5.41, 5.74) is 0.741. The largest absolute Gasteiger partial charge is 0.474 e. The van der Waals surface area contributed by atoms with E-state index in [-0.39, 0.29) is 29.9 Å². The summed E-state index contributed by atoms with van der Waals surface area (Å²) < 4.78 is 30.2. The number of benzene rings is 1. The molecule has 4 rings (SSSR count). The Hall–Kier alpha value is -4.20. The number of anilines is 2. The maximum absolute atomic E-state index is 15.0. The van der Waals surface area contributed by atoms with E-state index >= 15 is 4.39 Å². The van der Waals surface area contributed by atoms with Gasteiger partial charge in [0.2, 0.25) is 5.91 Å². The van der Waals surface area contributed by atoms with Crippen molar-refractivity contribution in [2.45, 2.75) is 6.10 Å². The van der Waals surface area contributed by atoms with E-state index in [9.17, 15) is 19.7 Å². The summed E-state index contributed by atoms with van der Waals surface area (Å²) in [4.78, 5) is 39.6. The third-order valence-electron chi connectivity index (χ3n) is 5.89. The quantitative estimate of drug-likeness (QED) is 0.245. The molecule has 2 aliphatic heterocycles. The Kier molecular flexibility index (Phi) is 7.86. The lowest BCUT2D eigenvalue weighted by molar-refractivity contribution is -0.402. The summed E-state index contributed by atoms with van der Waals surface area (Å²) in [5.74, 6) is -0.980. The molecular formula is C23H24FN5O7S. The zero-order valence-electron chi connectivity index (χ0n) is 19.8. The molecule has 0 aliphatic carbocycles. The fourth-order valence-electron chi connectivity index (χ4n) is 3.98. The van der Waals surface area contributed by atoms with E-state index in [1.807, 2.05) is 4.90 Å². The highest BCUT2D eigenvalue weighted by molar-refractivity contribution is 7.80. The second-order valence-electron chi connectivity index (χ2n) is 8.20. The van der Waals surface area contributed by atoms with Crippen LogP contribution in [-0.4, -0.2) is 79.5 Å². The van der Waals surface area contributed by atoms with E-state index in [1.54, 1.807) is 17.0 Å². The van der Waals surface area contributed by atoms with E-state index in [0.717, 1.165) is 0 Å². The predicted molar refractivity (Wildman–Crippen MR) is 135 cm³/mol. The molecule has 14 heteroatoms. The molecule has 3 heterocycles. The molecule has 12 nitrogen and oxygen atoms in total. The molecule has 2 saturated heterocycles. The minimum Gasteiger partial charge on any atom is -0.474 e. The van der Waals surface area contributed by atoms with Crippen molar-refractivity contribution in [1.82, 2.24) is 10.2 Å². The van der Waals surface area contributed by atoms with Gasteiger partial charge in [0.1, 0.15) is 22.6 Å². The van der Waals surface area contributed by atoms with Gasteiger partial charge in [-0.15, -0.1) is 0 Å². The lowest BCUT2D eigenvalue weighted by atomic mass is 10.2. The summed E-state index contributed by atoms with van der Waals surface area (Å²) in [6.07, 6.45) is 1.61. The number of rotatable bonds is 7. The van der Waals surface area contributed by atoms with Gasteiger partial charge >= 0.3 is 12.0 Å². The number of hydrogen-bond acceptors (Lipinski definition) is 9. The summed E-state index contributed by atoms with van der Waals surface area (Å²) in [7, 11) is 1.43. The van der Waals surface area contributed by atoms with Gasteiger partial charge in [-0.05, 0) is 42.6 Å². The van der Waals surface area contributed by atoms with E-state index in [4.69, 9.17) is 26.1 Å². The molecule has 0 unspecified atom stereocenters. The number of nitrogens with one attached hydrogen (secondary N) is 1. The van der Waals surface area contributed by atoms with Crippen LogP contribution in [0.25, 0.3) is 6.08 Å². The molecule has 2 fully saturated rings. The normalized spacial score (nSPS) is 17.7. The Balaban J connectivity index is 1.31. The molecule has 1 atom stereocenters. The van der Waals surface area contributed by atoms with Crippen molar-refractivity contribution in [2.75, 3.05) is 56.2 Å². The number of piperazine rings is 1. The molecule has 1 aromatic carbocycles. The second-order valence-corrected chi connectivity index (χ2v) is 8.57. The van der Waals surface area contributed by atoms with Gasteiger partial charge in [-0.3, -0.25) is 19.8 Å². The summed E-state index contributed by atoms with van der Waals surface area (Å²) in [5, 5.41) is 13.7. The first-order valence-corrected chi connectivity index (χ1v) is 11.7. The summed E-state index contributed by atoms with van der Waals surface area (Å²) in [6.45, 7) is 2.03. The van der Waals surface area contributed by atoms with Gasteiger partial charge in [0.15, 0.2) is 0 Å². The Morgan fingerprint density at radius 1 is 1.30 bits per heavy atom. The minimum atomic E-state index is -0.657. The molecule has 2 amide bonds. The van der Waals surface area contributed by atoms with Crippen molar-refractivity contribution < 1.29 is 32.8 Å². The fourth-order valence-corrected chi connectivity index (χ4v) is 4.07. The summed E-state index contributed by atoms with van der Waals surface area (Å²) >= 11 is 4.91. The number of nitro groups is 1. The molecule has 196 valence electrons. The molecule has 2 aliphatic rings. The maximum atomic E-state index is 15.0. The van der Waals surface area contributed by atoms with Gasteiger partial charge in [-0.2, -0.15) is 0 Å². The average molecular weight is 534 g/mol. The van der Waals surface area contributed by atoms with Crippen LogP contribution >= 0.6 is 12.2 Å². The van der Waals surface area contributed by atoms with E-state index in [0.29, 0.717) is 37.6 Å². The van der Waals surface area contributed by atoms with Gasteiger partial charge in [-0.1, -0.05) is 0 Å². The lowest BCUT2D eigenvalue weighted by Crippen LogP contribution is -2.48. The maximum Gasteiger partial charge on any atom is 0.433 e. The number of amides is 2. The number of ether oxygens (including phenoxy) is 2. The van der Waals surface area contributed by atoms with Crippen LogP contribution in [0.1, 0.15) is 5.76 Å². The van der Waals surface area contributed by atoms with E-state index < -0.39 is 28.8 Å². The van der Waals surface area contributed by atoms with Gasteiger partial charge in [0.05, 0.1) is 37.6 Å². The van der Waals surface area contributed by atoms with Crippen LogP contribution in [0, 0.1) is 15.9 Å². The molecule has 2 aromatic rings. The van der Waals surface area contributed by atoms with Crippen molar-refractivity contribution in [1.29, 1.82) is 0 Å². The Labute approximate surface area is 216 Å². The molecule has 1 N–H and O–H groups in total. The van der Waals surface area contributed by atoms with Gasteiger partial charge in [0.25, 0.3) is 5.17 Å². The molecule has 37 heavy (non-hydrogen) atoms. The van der Waals surface area contributed by atoms with Gasteiger partial charge in [-0.25, -0.2) is 9.18 Å². The van der Waals surface area contributed by atoms with E-state index in [1.165, 1.54) is 42.4 Å². The number of halogens is 1. The van der Waals surface area contributed by atoms with E-state index in [2.05, 4.69) is 5.32 Å².